The number of nitrogens with one attached hydrogen (secondary N) is 1. The van der Waals surface area contributed by atoms with E-state index < -0.39 is 5.91 Å². The molecule has 0 saturated carbocycles. The van der Waals surface area contributed by atoms with Crippen molar-refractivity contribution in [1.82, 2.24) is 9.78 Å². The predicted octanol–water partition coefficient (Wildman–Crippen LogP) is 6.37. The molecule has 34 heavy (non-hydrogen) atoms. The van der Waals surface area contributed by atoms with Crippen LogP contribution < -0.4 is 10.1 Å². The van der Waals surface area contributed by atoms with Crippen molar-refractivity contribution >= 4 is 51.4 Å². The van der Waals surface area contributed by atoms with E-state index in [0.29, 0.717) is 26.4 Å². The number of ether oxygens (including phenoxy) is 2. The van der Waals surface area contributed by atoms with Crippen molar-refractivity contribution in [2.45, 2.75) is 58.8 Å². The molecule has 1 aliphatic rings. The standard InChI is InChI=1S/C24H25Cl2N3O4S/c1-3-14(2)33-24(31)20-15-7-4-5-10-19(15)34-23(20)27-22(30)18-11-12-29(28-18)13-32-21-16(25)8-6-9-17(21)26/h6,8-9,11-12,14H,3-5,7,10,13H2,1-2H3,(H,27,30). The minimum atomic E-state index is -0.411. The third-order valence-electron chi connectivity index (χ3n) is 5.62. The first-order chi connectivity index (χ1) is 16.4. The summed E-state index contributed by atoms with van der Waals surface area (Å²) in [6.07, 6.45) is 5.94. The average molecular weight is 522 g/mol. The van der Waals surface area contributed by atoms with E-state index in [4.69, 9.17) is 32.7 Å². The molecular formula is C24H25Cl2N3O4S. The largest absolute Gasteiger partial charge is 0.468 e. The highest BCUT2D eigenvalue weighted by Gasteiger charge is 2.28. The topological polar surface area (TPSA) is 82.5 Å². The second-order valence-corrected chi connectivity index (χ2v) is 9.98. The highest BCUT2D eigenvalue weighted by molar-refractivity contribution is 7.17. The zero-order chi connectivity index (χ0) is 24.2. The van der Waals surface area contributed by atoms with Crippen molar-refractivity contribution in [3.8, 4) is 5.75 Å². The van der Waals surface area contributed by atoms with Crippen LogP contribution in [0, 0.1) is 0 Å². The first-order valence-corrected chi connectivity index (χ1v) is 12.7. The molecule has 2 aromatic heterocycles. The van der Waals surface area contributed by atoms with Gasteiger partial charge in [0.05, 0.1) is 21.7 Å². The van der Waals surface area contributed by atoms with Crippen LogP contribution in [0.15, 0.2) is 30.5 Å². The van der Waals surface area contributed by atoms with Crippen LogP contribution in [0.4, 0.5) is 5.00 Å². The minimum absolute atomic E-state index is 0.0243. The summed E-state index contributed by atoms with van der Waals surface area (Å²) in [5.41, 5.74) is 1.67. The van der Waals surface area contributed by atoms with Crippen molar-refractivity contribution in [3.05, 3.63) is 62.2 Å². The number of esters is 1. The van der Waals surface area contributed by atoms with Crippen molar-refractivity contribution in [2.24, 2.45) is 0 Å². The van der Waals surface area contributed by atoms with Crippen LogP contribution >= 0.6 is 34.5 Å². The fraction of sp³-hybridized carbons (Fsp3) is 0.375. The molecule has 1 N–H and O–H groups in total. The number of benzene rings is 1. The number of hydrogen-bond donors (Lipinski definition) is 1. The quantitative estimate of drug-likeness (QED) is 0.348. The zero-order valence-corrected chi connectivity index (χ0v) is 21.2. The number of hydrogen-bond acceptors (Lipinski definition) is 6. The van der Waals surface area contributed by atoms with Gasteiger partial charge in [0.25, 0.3) is 5.91 Å². The Balaban J connectivity index is 1.49. The summed E-state index contributed by atoms with van der Waals surface area (Å²) in [5, 5.41) is 8.45. The lowest BCUT2D eigenvalue weighted by Gasteiger charge is -2.15. The van der Waals surface area contributed by atoms with E-state index in [1.54, 1.807) is 30.5 Å². The maximum absolute atomic E-state index is 13.0. The molecule has 1 atom stereocenters. The molecule has 10 heteroatoms. The number of fused-ring (bicyclic) bond motifs is 1. The molecule has 0 radical (unpaired) electrons. The summed E-state index contributed by atoms with van der Waals surface area (Å²) in [6, 6.07) is 6.66. The van der Waals surface area contributed by atoms with Crippen molar-refractivity contribution in [2.75, 3.05) is 5.32 Å². The van der Waals surface area contributed by atoms with Gasteiger partial charge >= 0.3 is 5.97 Å². The fourth-order valence-electron chi connectivity index (χ4n) is 3.67. The van der Waals surface area contributed by atoms with Gasteiger partial charge in [-0.15, -0.1) is 11.3 Å². The maximum Gasteiger partial charge on any atom is 0.341 e. The summed E-state index contributed by atoms with van der Waals surface area (Å²) in [5.74, 6) is -0.453. The number of rotatable bonds is 8. The van der Waals surface area contributed by atoms with Crippen molar-refractivity contribution in [1.29, 1.82) is 0 Å². The van der Waals surface area contributed by atoms with Crippen LogP contribution in [0.5, 0.6) is 5.75 Å². The molecule has 7 nitrogen and oxygen atoms in total. The molecule has 2 heterocycles. The van der Waals surface area contributed by atoms with Gasteiger partial charge in [-0.2, -0.15) is 5.10 Å². The van der Waals surface area contributed by atoms with Crippen LogP contribution in [-0.4, -0.2) is 27.8 Å². The van der Waals surface area contributed by atoms with E-state index in [2.05, 4.69) is 10.4 Å². The number of aromatic nitrogens is 2. The van der Waals surface area contributed by atoms with E-state index in [1.165, 1.54) is 16.0 Å². The van der Waals surface area contributed by atoms with Gasteiger partial charge in [-0.1, -0.05) is 36.2 Å². The van der Waals surface area contributed by atoms with Gasteiger partial charge in [0.15, 0.2) is 18.2 Å². The molecule has 1 unspecified atom stereocenters. The first kappa shape index (κ1) is 24.6. The third-order valence-corrected chi connectivity index (χ3v) is 7.42. The number of carbonyl (C=O) groups is 2. The molecule has 1 amide bonds. The van der Waals surface area contributed by atoms with E-state index >= 15 is 0 Å². The Bertz CT molecular complexity index is 1190. The van der Waals surface area contributed by atoms with Gasteiger partial charge in [0, 0.05) is 11.1 Å². The van der Waals surface area contributed by atoms with Gasteiger partial charge in [0.2, 0.25) is 0 Å². The Morgan fingerprint density at radius 2 is 1.94 bits per heavy atom. The Kier molecular flexibility index (Phi) is 7.80. The summed E-state index contributed by atoms with van der Waals surface area (Å²) in [4.78, 5) is 27.0. The summed E-state index contributed by atoms with van der Waals surface area (Å²) >= 11 is 13.7. The van der Waals surface area contributed by atoms with Gasteiger partial charge in [-0.3, -0.25) is 4.79 Å². The number of amides is 1. The first-order valence-electron chi connectivity index (χ1n) is 11.1. The third kappa shape index (κ3) is 5.40. The lowest BCUT2D eigenvalue weighted by molar-refractivity contribution is 0.0335. The summed E-state index contributed by atoms with van der Waals surface area (Å²) < 4.78 is 12.7. The molecule has 0 spiro atoms. The normalized spacial score (nSPS) is 13.8. The highest BCUT2D eigenvalue weighted by Crippen LogP contribution is 2.39. The Morgan fingerprint density at radius 1 is 1.21 bits per heavy atom. The van der Waals surface area contributed by atoms with Crippen LogP contribution in [0.2, 0.25) is 10.0 Å². The molecule has 0 saturated heterocycles. The van der Waals surface area contributed by atoms with Gasteiger partial charge < -0.3 is 14.8 Å². The smallest absolute Gasteiger partial charge is 0.341 e. The van der Waals surface area contributed by atoms with Gasteiger partial charge in [-0.25, -0.2) is 9.48 Å². The second kappa shape index (κ2) is 10.8. The minimum Gasteiger partial charge on any atom is -0.468 e. The number of halogens is 2. The van der Waals surface area contributed by atoms with Crippen molar-refractivity contribution < 1.29 is 19.1 Å². The molecule has 3 aromatic rings. The van der Waals surface area contributed by atoms with Gasteiger partial charge in [-0.05, 0) is 62.8 Å². The summed E-state index contributed by atoms with van der Waals surface area (Å²) in [6.45, 7) is 3.85. The molecule has 1 aromatic carbocycles. The van der Waals surface area contributed by atoms with Crippen LogP contribution in [-0.2, 0) is 24.3 Å². The molecule has 0 bridgehead atoms. The molecule has 4 rings (SSSR count). The SMILES string of the molecule is CCC(C)OC(=O)c1c(NC(=O)c2ccn(COc3c(Cl)cccc3Cl)n2)sc2c1CCCC2. The number of aryl methyl sites for hydroxylation is 1. The van der Waals surface area contributed by atoms with Crippen LogP contribution in [0.1, 0.15) is 64.4 Å². The zero-order valence-electron chi connectivity index (χ0n) is 18.9. The lowest BCUT2D eigenvalue weighted by Crippen LogP contribution is -2.19. The Hall–Kier alpha value is -2.55. The van der Waals surface area contributed by atoms with E-state index in [1.807, 2.05) is 13.8 Å². The van der Waals surface area contributed by atoms with Gasteiger partial charge in [0.1, 0.15) is 5.00 Å². The second-order valence-electron chi connectivity index (χ2n) is 8.06. The highest BCUT2D eigenvalue weighted by atomic mass is 35.5. The van der Waals surface area contributed by atoms with E-state index in [-0.39, 0.29) is 24.5 Å². The van der Waals surface area contributed by atoms with E-state index in [9.17, 15) is 9.59 Å². The predicted molar refractivity (Wildman–Crippen MR) is 133 cm³/mol. The fourth-order valence-corrected chi connectivity index (χ4v) is 5.45. The van der Waals surface area contributed by atoms with Crippen LogP contribution in [0.25, 0.3) is 0 Å². The molecule has 0 fully saturated rings. The van der Waals surface area contributed by atoms with Crippen LogP contribution in [0.3, 0.4) is 0 Å². The number of anilines is 1. The average Bonchev–Trinajstić information content (AvgIpc) is 3.43. The van der Waals surface area contributed by atoms with Crippen molar-refractivity contribution in [3.63, 3.8) is 0 Å². The lowest BCUT2D eigenvalue weighted by atomic mass is 9.95. The van der Waals surface area contributed by atoms with E-state index in [0.717, 1.165) is 42.5 Å². The number of para-hydroxylation sites is 1. The molecule has 0 aliphatic heterocycles. The number of nitrogens with zero attached hydrogens (tertiary/aromatic N) is 2. The Labute approximate surface area is 212 Å². The molecule has 1 aliphatic carbocycles. The monoisotopic (exact) mass is 521 g/mol. The molecule has 180 valence electrons. The number of thiophene rings is 1. The molecular weight excluding hydrogens is 497 g/mol. The Morgan fingerprint density at radius 3 is 2.68 bits per heavy atom. The number of carbonyl (C=O) groups excluding carboxylic acids is 2. The maximum atomic E-state index is 13.0. The summed E-state index contributed by atoms with van der Waals surface area (Å²) in [7, 11) is 0.